The van der Waals surface area contributed by atoms with Crippen molar-refractivity contribution in [1.82, 2.24) is 9.88 Å². The number of thiazole rings is 1. The predicted molar refractivity (Wildman–Crippen MR) is 130 cm³/mol. The largest absolute Gasteiger partial charge is 0.361 e. The second-order valence-electron chi connectivity index (χ2n) is 6.41. The number of nitrogens with zero attached hydrogens (tertiary/aromatic N) is 3. The van der Waals surface area contributed by atoms with Crippen LogP contribution < -0.4 is 5.32 Å². The fourth-order valence-electron chi connectivity index (χ4n) is 2.89. The zero-order valence-electron chi connectivity index (χ0n) is 15.8. The molecule has 146 valence electrons. The van der Waals surface area contributed by atoms with Crippen molar-refractivity contribution in [3.8, 4) is 0 Å². The quantitative estimate of drug-likeness (QED) is 0.450. The van der Waals surface area contributed by atoms with Gasteiger partial charge in [0.2, 0.25) is 0 Å². The van der Waals surface area contributed by atoms with Gasteiger partial charge in [0, 0.05) is 30.8 Å². The van der Waals surface area contributed by atoms with Gasteiger partial charge in [-0.05, 0) is 48.6 Å². The Morgan fingerprint density at radius 3 is 2.82 bits per heavy atom. The summed E-state index contributed by atoms with van der Waals surface area (Å²) >= 11 is 3.55. The van der Waals surface area contributed by atoms with Gasteiger partial charge in [0.05, 0.1) is 15.9 Å². The Morgan fingerprint density at radius 2 is 2.07 bits per heavy atom. The summed E-state index contributed by atoms with van der Waals surface area (Å²) in [5, 5.41) is 5.58. The number of anilines is 1. The lowest BCUT2D eigenvalue weighted by molar-refractivity contribution is 0.563. The molecule has 0 atom stereocenters. The van der Waals surface area contributed by atoms with E-state index in [1.165, 1.54) is 15.2 Å². The Balaban J connectivity index is 1.33. The molecule has 8 heteroatoms. The number of aliphatic imine (C=N–C) groups is 1. The summed E-state index contributed by atoms with van der Waals surface area (Å²) in [6, 6.07) is 15.0. The van der Waals surface area contributed by atoms with Crippen LogP contribution in [0.5, 0.6) is 0 Å². The molecule has 1 aromatic heterocycles. The third-order valence-corrected chi connectivity index (χ3v) is 8.09. The van der Waals surface area contributed by atoms with Crippen LogP contribution in [0.15, 0.2) is 52.4 Å². The summed E-state index contributed by atoms with van der Waals surface area (Å²) in [7, 11) is 5.65. The molecule has 0 unspecified atom stereocenters. The van der Waals surface area contributed by atoms with Gasteiger partial charge < -0.3 is 10.2 Å². The number of rotatable bonds is 7. The predicted octanol–water partition coefficient (Wildman–Crippen LogP) is 5.99. The van der Waals surface area contributed by atoms with Crippen molar-refractivity contribution in [2.24, 2.45) is 4.99 Å². The first-order valence-corrected chi connectivity index (χ1v) is 13.4. The van der Waals surface area contributed by atoms with Crippen LogP contribution in [-0.4, -0.2) is 47.2 Å². The van der Waals surface area contributed by atoms with Crippen LogP contribution in [0.25, 0.3) is 10.2 Å². The number of nitrogens with one attached hydrogen (secondary N) is 1. The molecular formula is C20H22N4S4. The van der Waals surface area contributed by atoms with Crippen molar-refractivity contribution in [2.75, 3.05) is 37.5 Å². The molecule has 1 N–H and O–H groups in total. The average Bonchev–Trinajstić information content (AvgIpc) is 3.29. The molecule has 3 aromatic rings. The average molecular weight is 447 g/mol. The zero-order chi connectivity index (χ0) is 19.3. The molecule has 0 saturated carbocycles. The molecule has 1 fully saturated rings. The highest BCUT2D eigenvalue weighted by atomic mass is 33.1. The number of hydrogen-bond donors (Lipinski definition) is 1. The van der Waals surface area contributed by atoms with E-state index < -0.39 is 0 Å². The first-order chi connectivity index (χ1) is 13.7. The number of fused-ring (bicyclic) bond motifs is 1. The highest BCUT2D eigenvalue weighted by Crippen LogP contribution is 2.34. The third-order valence-electron chi connectivity index (χ3n) is 4.37. The third kappa shape index (κ3) is 4.97. The Morgan fingerprint density at radius 1 is 1.21 bits per heavy atom. The van der Waals surface area contributed by atoms with Crippen LogP contribution in [0, 0.1) is 0 Å². The minimum Gasteiger partial charge on any atom is -0.361 e. The summed E-state index contributed by atoms with van der Waals surface area (Å²) in [5.41, 5.74) is 3.40. The van der Waals surface area contributed by atoms with E-state index in [-0.39, 0.29) is 0 Å². The number of benzene rings is 2. The number of thioether (sulfide) groups is 1. The van der Waals surface area contributed by atoms with Crippen LogP contribution in [0.1, 0.15) is 5.56 Å². The second-order valence-corrected chi connectivity index (χ2v) is 11.0. The first kappa shape index (κ1) is 19.9. The highest BCUT2D eigenvalue weighted by molar-refractivity contribution is 8.76. The van der Waals surface area contributed by atoms with Gasteiger partial charge >= 0.3 is 0 Å². The summed E-state index contributed by atoms with van der Waals surface area (Å²) in [6.07, 6.45) is 3.06. The molecule has 0 spiro atoms. The standard InChI is InChI=1S/C20H22N4S4/c1-24-11-12-26-20(24)22-15-5-3-14(4-6-15)9-10-21-19-23-17-8-7-16(28-25-2)13-18(17)27-19/h3-8,13H,9-12H2,1-2H3,(H,21,23). The van der Waals surface area contributed by atoms with E-state index in [2.05, 4.69) is 66.0 Å². The van der Waals surface area contributed by atoms with Crippen LogP contribution >= 0.6 is 44.7 Å². The van der Waals surface area contributed by atoms with E-state index in [0.717, 1.165) is 46.8 Å². The van der Waals surface area contributed by atoms with E-state index in [1.807, 2.05) is 11.8 Å². The zero-order valence-corrected chi connectivity index (χ0v) is 19.1. The molecule has 4 nitrogen and oxygen atoms in total. The Kier molecular flexibility index (Phi) is 6.72. The van der Waals surface area contributed by atoms with Gasteiger partial charge in [0.1, 0.15) is 0 Å². The van der Waals surface area contributed by atoms with Crippen LogP contribution in [-0.2, 0) is 6.42 Å². The molecule has 0 radical (unpaired) electrons. The number of aromatic nitrogens is 1. The van der Waals surface area contributed by atoms with Crippen molar-refractivity contribution in [2.45, 2.75) is 11.3 Å². The van der Waals surface area contributed by atoms with Gasteiger partial charge in [-0.2, -0.15) is 0 Å². The van der Waals surface area contributed by atoms with E-state index >= 15 is 0 Å². The van der Waals surface area contributed by atoms with E-state index in [1.54, 1.807) is 32.9 Å². The fraction of sp³-hybridized carbons (Fsp3) is 0.300. The summed E-state index contributed by atoms with van der Waals surface area (Å²) < 4.78 is 1.24. The van der Waals surface area contributed by atoms with Crippen molar-refractivity contribution >= 4 is 70.9 Å². The molecule has 2 heterocycles. The summed E-state index contributed by atoms with van der Waals surface area (Å²) in [5.74, 6) is 1.13. The van der Waals surface area contributed by atoms with Crippen molar-refractivity contribution < 1.29 is 0 Å². The van der Waals surface area contributed by atoms with Gasteiger partial charge in [0.25, 0.3) is 0 Å². The monoisotopic (exact) mass is 446 g/mol. The molecule has 1 aliphatic rings. The maximum Gasteiger partial charge on any atom is 0.183 e. The van der Waals surface area contributed by atoms with Gasteiger partial charge in [-0.25, -0.2) is 9.98 Å². The molecule has 4 rings (SSSR count). The highest BCUT2D eigenvalue weighted by Gasteiger charge is 2.14. The maximum atomic E-state index is 4.73. The van der Waals surface area contributed by atoms with Gasteiger partial charge in [-0.3, -0.25) is 0 Å². The summed E-state index contributed by atoms with van der Waals surface area (Å²) in [4.78, 5) is 12.9. The van der Waals surface area contributed by atoms with Crippen LogP contribution in [0.4, 0.5) is 10.8 Å². The van der Waals surface area contributed by atoms with Gasteiger partial charge in [-0.15, -0.1) is 0 Å². The summed E-state index contributed by atoms with van der Waals surface area (Å²) in [6.45, 7) is 1.95. The second kappa shape index (κ2) is 9.43. The van der Waals surface area contributed by atoms with Crippen LogP contribution in [0.2, 0.25) is 0 Å². The normalized spacial score (nSPS) is 15.6. The lowest BCUT2D eigenvalue weighted by atomic mass is 10.1. The lowest BCUT2D eigenvalue weighted by Crippen LogP contribution is -2.17. The maximum absolute atomic E-state index is 4.73. The lowest BCUT2D eigenvalue weighted by Gasteiger charge is -2.09. The molecule has 0 amide bonds. The van der Waals surface area contributed by atoms with E-state index in [4.69, 9.17) is 9.98 Å². The minimum atomic E-state index is 0.874. The van der Waals surface area contributed by atoms with Crippen LogP contribution in [0.3, 0.4) is 0 Å². The minimum absolute atomic E-state index is 0.874. The molecule has 1 aliphatic heterocycles. The molecule has 2 aromatic carbocycles. The molecule has 28 heavy (non-hydrogen) atoms. The van der Waals surface area contributed by atoms with Crippen molar-refractivity contribution in [3.05, 3.63) is 48.0 Å². The molecule has 0 bridgehead atoms. The van der Waals surface area contributed by atoms with Crippen molar-refractivity contribution in [1.29, 1.82) is 0 Å². The van der Waals surface area contributed by atoms with Gasteiger partial charge in [-0.1, -0.05) is 56.8 Å². The smallest absolute Gasteiger partial charge is 0.183 e. The molecular weight excluding hydrogens is 425 g/mol. The van der Waals surface area contributed by atoms with E-state index in [0.29, 0.717) is 0 Å². The number of amidine groups is 1. The van der Waals surface area contributed by atoms with E-state index in [9.17, 15) is 0 Å². The number of hydrogen-bond acceptors (Lipinski definition) is 7. The molecule has 1 saturated heterocycles. The van der Waals surface area contributed by atoms with Gasteiger partial charge in [0.15, 0.2) is 10.3 Å². The Labute approximate surface area is 182 Å². The topological polar surface area (TPSA) is 40.5 Å². The molecule has 0 aliphatic carbocycles. The SMILES string of the molecule is CSSc1ccc2nc(NCCc3ccc(N=C4SCCN4C)cc3)sc2c1. The Hall–Kier alpha value is -1.35. The van der Waals surface area contributed by atoms with Crippen molar-refractivity contribution in [3.63, 3.8) is 0 Å². The fourth-order valence-corrected chi connectivity index (χ4v) is 6.29. The Bertz CT molecular complexity index is 968. The first-order valence-electron chi connectivity index (χ1n) is 9.08.